The number of carbonyl (C=O) groups excluding carboxylic acids is 1. The van der Waals surface area contributed by atoms with Gasteiger partial charge in [-0.25, -0.2) is 8.78 Å². The Labute approximate surface area is 199 Å². The van der Waals surface area contributed by atoms with Gasteiger partial charge in [-0.05, 0) is 79.6 Å². The molecule has 1 aliphatic rings. The number of ether oxygens (including phenoxy) is 1. The summed E-state index contributed by atoms with van der Waals surface area (Å²) >= 11 is 0. The number of rotatable bonds is 6. The lowest BCUT2D eigenvalue weighted by atomic mass is 10.1. The van der Waals surface area contributed by atoms with Gasteiger partial charge in [0.15, 0.2) is 5.69 Å². The molecule has 7 nitrogen and oxygen atoms in total. The molecule has 2 heterocycles. The molecule has 0 bridgehead atoms. The summed E-state index contributed by atoms with van der Waals surface area (Å²) in [6, 6.07) is 16.5. The number of nitrogens with zero attached hydrogens (tertiary/aromatic N) is 3. The summed E-state index contributed by atoms with van der Waals surface area (Å²) in [6.07, 6.45) is 1.71. The minimum atomic E-state index is -0.445. The van der Waals surface area contributed by atoms with Gasteiger partial charge < -0.3 is 19.7 Å². The third-order valence-electron chi connectivity index (χ3n) is 5.99. The number of H-pyrrole nitrogens is 1. The number of aromatic amines is 1. The molecule has 4 aromatic rings. The minimum absolute atomic E-state index is 0.0721. The number of nitrogens with one attached hydrogen (secondary N) is 1. The highest BCUT2D eigenvalue weighted by molar-refractivity contribution is 5.95. The predicted molar refractivity (Wildman–Crippen MR) is 126 cm³/mol. The largest absolute Gasteiger partial charge is 0.493 e. The molecule has 0 aliphatic carbocycles. The molecular formula is C26H22F2N4O3. The van der Waals surface area contributed by atoms with Crippen molar-refractivity contribution in [3.05, 3.63) is 83.9 Å². The van der Waals surface area contributed by atoms with Crippen LogP contribution in [0.15, 0.2) is 77.0 Å². The summed E-state index contributed by atoms with van der Waals surface area (Å²) in [4.78, 5) is 17.6. The molecule has 178 valence electrons. The monoisotopic (exact) mass is 476 g/mol. The zero-order valence-corrected chi connectivity index (χ0v) is 18.6. The van der Waals surface area contributed by atoms with Gasteiger partial charge in [-0.1, -0.05) is 0 Å². The molecular weight excluding hydrogens is 454 g/mol. The summed E-state index contributed by atoms with van der Waals surface area (Å²) in [6.45, 7) is 0.965. The zero-order valence-electron chi connectivity index (χ0n) is 18.6. The summed E-state index contributed by atoms with van der Waals surface area (Å²) in [7, 11) is 0. The van der Waals surface area contributed by atoms with Crippen molar-refractivity contribution in [3.63, 3.8) is 0 Å². The Morgan fingerprint density at radius 3 is 2.54 bits per heavy atom. The number of likely N-dealkylation sites (tertiary alicyclic amines) is 1. The highest BCUT2D eigenvalue weighted by atomic mass is 19.1. The number of amides is 1. The number of fused-ring (bicyclic) bond motifs is 1. The number of hydrogen-bond acceptors (Lipinski definition) is 5. The smallest absolute Gasteiger partial charge is 0.254 e. The molecule has 1 aromatic heterocycles. The third kappa shape index (κ3) is 4.84. The summed E-state index contributed by atoms with van der Waals surface area (Å²) in [5.41, 5.74) is 1.67. The molecule has 1 fully saturated rings. The number of halogens is 2. The van der Waals surface area contributed by atoms with Crippen LogP contribution in [0.4, 0.5) is 20.2 Å². The fourth-order valence-corrected chi connectivity index (χ4v) is 4.18. The first-order chi connectivity index (χ1) is 17.0. The van der Waals surface area contributed by atoms with E-state index in [4.69, 9.17) is 4.74 Å². The van der Waals surface area contributed by atoms with Crippen LogP contribution in [-0.2, 0) is 0 Å². The predicted octanol–water partition coefficient (Wildman–Crippen LogP) is 6.25. The molecule has 0 saturated carbocycles. The van der Waals surface area contributed by atoms with Gasteiger partial charge >= 0.3 is 0 Å². The Bertz CT molecular complexity index is 1380. The van der Waals surface area contributed by atoms with Crippen LogP contribution >= 0.6 is 0 Å². The fraction of sp³-hybridized carbons (Fsp3) is 0.192. The van der Waals surface area contributed by atoms with Crippen LogP contribution in [0.3, 0.4) is 0 Å². The Morgan fingerprint density at radius 1 is 1.03 bits per heavy atom. The highest BCUT2D eigenvalue weighted by Gasteiger charge is 2.30. The van der Waals surface area contributed by atoms with Crippen molar-refractivity contribution in [1.82, 2.24) is 9.88 Å². The lowest BCUT2D eigenvalue weighted by Gasteiger charge is -2.25. The Morgan fingerprint density at radius 2 is 1.77 bits per heavy atom. The molecule has 1 amide bonds. The van der Waals surface area contributed by atoms with Crippen molar-refractivity contribution < 1.29 is 23.4 Å². The Hall–Kier alpha value is -4.27. The van der Waals surface area contributed by atoms with Gasteiger partial charge in [-0.15, -0.1) is 5.11 Å². The average molecular weight is 476 g/mol. The van der Waals surface area contributed by atoms with E-state index in [2.05, 4.69) is 15.2 Å². The SMILES string of the molecule is O=C(c1ccc(N=Nc2c(O)[nH]c3ccc(F)cc23)cc1)N1CCCC1COc1ccc(F)cc1. The lowest BCUT2D eigenvalue weighted by molar-refractivity contribution is 0.0691. The van der Waals surface area contributed by atoms with Gasteiger partial charge in [0.2, 0.25) is 5.88 Å². The molecule has 1 atom stereocenters. The van der Waals surface area contributed by atoms with Crippen LogP contribution < -0.4 is 4.74 Å². The number of aromatic nitrogens is 1. The van der Waals surface area contributed by atoms with E-state index in [-0.39, 0.29) is 29.3 Å². The number of azo groups is 1. The molecule has 5 rings (SSSR count). The standard InChI is InChI=1S/C26H22F2N4O3/c27-17-5-10-21(11-6-17)35-15-20-2-1-13-32(20)26(34)16-3-8-19(9-4-16)30-31-24-22-14-18(28)7-12-23(22)29-25(24)33/h3-12,14,20,29,33H,1-2,13,15H2. The van der Waals surface area contributed by atoms with E-state index in [9.17, 15) is 18.7 Å². The van der Waals surface area contributed by atoms with Crippen LogP contribution in [0.2, 0.25) is 0 Å². The third-order valence-corrected chi connectivity index (χ3v) is 5.99. The average Bonchev–Trinajstić information content (AvgIpc) is 3.46. The summed E-state index contributed by atoms with van der Waals surface area (Å²) < 4.78 is 32.4. The van der Waals surface area contributed by atoms with Gasteiger partial charge in [0.25, 0.3) is 5.91 Å². The lowest BCUT2D eigenvalue weighted by Crippen LogP contribution is -2.39. The van der Waals surface area contributed by atoms with E-state index in [0.29, 0.717) is 41.1 Å². The maximum atomic E-state index is 13.6. The molecule has 9 heteroatoms. The van der Waals surface area contributed by atoms with Gasteiger partial charge in [0, 0.05) is 17.5 Å². The van der Waals surface area contributed by atoms with Crippen molar-refractivity contribution in [1.29, 1.82) is 0 Å². The topological polar surface area (TPSA) is 90.3 Å². The first-order valence-electron chi connectivity index (χ1n) is 11.2. The molecule has 35 heavy (non-hydrogen) atoms. The Balaban J connectivity index is 1.26. The maximum Gasteiger partial charge on any atom is 0.254 e. The van der Waals surface area contributed by atoms with Gasteiger partial charge in [-0.2, -0.15) is 5.11 Å². The van der Waals surface area contributed by atoms with Crippen LogP contribution in [-0.4, -0.2) is 40.1 Å². The molecule has 3 aromatic carbocycles. The first kappa shape index (κ1) is 22.5. The number of hydrogen-bond donors (Lipinski definition) is 2. The summed E-state index contributed by atoms with van der Waals surface area (Å²) in [5, 5.41) is 18.7. The number of carbonyl (C=O) groups is 1. The fourth-order valence-electron chi connectivity index (χ4n) is 4.18. The number of benzene rings is 3. The van der Waals surface area contributed by atoms with Crippen molar-refractivity contribution in [2.75, 3.05) is 13.2 Å². The van der Waals surface area contributed by atoms with Crippen molar-refractivity contribution in [2.45, 2.75) is 18.9 Å². The Kier molecular flexibility index (Phi) is 6.13. The van der Waals surface area contributed by atoms with Crippen molar-refractivity contribution in [2.24, 2.45) is 10.2 Å². The van der Waals surface area contributed by atoms with Gasteiger partial charge in [-0.3, -0.25) is 4.79 Å². The molecule has 1 unspecified atom stereocenters. The molecule has 1 aliphatic heterocycles. The first-order valence-corrected chi connectivity index (χ1v) is 11.2. The van der Waals surface area contributed by atoms with Gasteiger partial charge in [0.05, 0.1) is 17.2 Å². The second-order valence-corrected chi connectivity index (χ2v) is 8.32. The quantitative estimate of drug-likeness (QED) is 0.322. The second kappa shape index (κ2) is 9.54. The van der Waals surface area contributed by atoms with E-state index >= 15 is 0 Å². The van der Waals surface area contributed by atoms with E-state index in [1.54, 1.807) is 41.3 Å². The number of aromatic hydroxyl groups is 1. The van der Waals surface area contributed by atoms with Crippen LogP contribution in [0.1, 0.15) is 23.2 Å². The highest BCUT2D eigenvalue weighted by Crippen LogP contribution is 2.36. The molecule has 1 saturated heterocycles. The maximum absolute atomic E-state index is 13.6. The van der Waals surface area contributed by atoms with E-state index in [1.165, 1.54) is 30.3 Å². The minimum Gasteiger partial charge on any atom is -0.493 e. The van der Waals surface area contributed by atoms with Crippen LogP contribution in [0, 0.1) is 11.6 Å². The second-order valence-electron chi connectivity index (χ2n) is 8.32. The van der Waals surface area contributed by atoms with Crippen molar-refractivity contribution >= 4 is 28.2 Å². The normalized spacial score (nSPS) is 15.8. The van der Waals surface area contributed by atoms with Crippen LogP contribution in [0.25, 0.3) is 10.9 Å². The van der Waals surface area contributed by atoms with Crippen LogP contribution in [0.5, 0.6) is 11.6 Å². The molecule has 0 radical (unpaired) electrons. The van der Waals surface area contributed by atoms with E-state index in [1.807, 2.05) is 0 Å². The zero-order chi connectivity index (χ0) is 24.4. The van der Waals surface area contributed by atoms with Crippen molar-refractivity contribution in [3.8, 4) is 11.6 Å². The summed E-state index contributed by atoms with van der Waals surface area (Å²) in [5.74, 6) is -0.527. The molecule has 0 spiro atoms. The van der Waals surface area contributed by atoms with E-state index in [0.717, 1.165) is 12.8 Å². The van der Waals surface area contributed by atoms with E-state index < -0.39 is 5.82 Å². The molecule has 2 N–H and O–H groups in total. The van der Waals surface area contributed by atoms with Gasteiger partial charge in [0.1, 0.15) is 24.0 Å².